The zero-order valence-corrected chi connectivity index (χ0v) is 17.2. The van der Waals surface area contributed by atoms with Gasteiger partial charge in [-0.1, -0.05) is 19.3 Å². The van der Waals surface area contributed by atoms with E-state index in [-0.39, 0.29) is 12.0 Å². The molecule has 1 saturated carbocycles. The van der Waals surface area contributed by atoms with Crippen molar-refractivity contribution in [1.82, 2.24) is 15.2 Å². The van der Waals surface area contributed by atoms with Crippen molar-refractivity contribution in [3.05, 3.63) is 30.0 Å². The van der Waals surface area contributed by atoms with Crippen molar-refractivity contribution in [1.29, 1.82) is 0 Å². The van der Waals surface area contributed by atoms with Gasteiger partial charge in [0.05, 0.1) is 0 Å². The number of rotatable bonds is 5. The third-order valence-corrected chi connectivity index (χ3v) is 6.29. The molecular weight excluding hydrogens is 350 g/mol. The smallest absolute Gasteiger partial charge is 0.267 e. The fraction of sp³-hybridized carbons (Fsp3) is 0.609. The summed E-state index contributed by atoms with van der Waals surface area (Å²) in [7, 11) is 0. The zero-order chi connectivity index (χ0) is 19.5. The van der Waals surface area contributed by atoms with Gasteiger partial charge in [0.1, 0.15) is 17.5 Å². The van der Waals surface area contributed by atoms with Gasteiger partial charge in [-0.2, -0.15) is 0 Å². The van der Waals surface area contributed by atoms with E-state index in [2.05, 4.69) is 35.1 Å². The monoisotopic (exact) mass is 383 g/mol. The summed E-state index contributed by atoms with van der Waals surface area (Å²) in [5.41, 5.74) is 1.62. The molecule has 1 aliphatic carbocycles. The Bertz CT molecular complexity index is 799. The highest BCUT2D eigenvalue weighted by molar-refractivity contribution is 5.98. The quantitative estimate of drug-likeness (QED) is 0.800. The summed E-state index contributed by atoms with van der Waals surface area (Å²) in [4.78, 5) is 18.4. The van der Waals surface area contributed by atoms with Crippen molar-refractivity contribution < 1.29 is 9.53 Å². The lowest BCUT2D eigenvalue weighted by atomic mass is 9.95. The van der Waals surface area contributed by atoms with Gasteiger partial charge >= 0.3 is 0 Å². The number of aromatic nitrogens is 1. The highest BCUT2D eigenvalue weighted by Gasteiger charge is 2.22. The normalized spacial score (nSPS) is 20.0. The van der Waals surface area contributed by atoms with Gasteiger partial charge in [-0.05, 0) is 63.8 Å². The predicted octanol–water partition coefficient (Wildman–Crippen LogP) is 4.48. The number of carbonyl (C=O) groups excluding carboxylic acids is 1. The van der Waals surface area contributed by atoms with Gasteiger partial charge in [0.25, 0.3) is 5.91 Å². The van der Waals surface area contributed by atoms with Gasteiger partial charge in [0.2, 0.25) is 0 Å². The number of aromatic amines is 1. The molecule has 2 fully saturated rings. The van der Waals surface area contributed by atoms with Crippen LogP contribution in [0.25, 0.3) is 10.9 Å². The van der Waals surface area contributed by atoms with E-state index in [0.717, 1.165) is 55.4 Å². The van der Waals surface area contributed by atoms with Crippen LogP contribution >= 0.6 is 0 Å². The van der Waals surface area contributed by atoms with Crippen LogP contribution in [-0.4, -0.2) is 47.1 Å². The molecule has 1 amide bonds. The van der Waals surface area contributed by atoms with Crippen molar-refractivity contribution >= 4 is 16.8 Å². The molecule has 2 N–H and O–H groups in total. The number of H-pyrrole nitrogens is 1. The summed E-state index contributed by atoms with van der Waals surface area (Å²) < 4.78 is 6.24. The molecule has 1 aromatic heterocycles. The SMILES string of the molecule is CC(C)N1CCC(Oc2ccc3[nH]c(C(=O)NC4CCCCC4)cc3c2)CC1. The minimum atomic E-state index is 0.00613. The highest BCUT2D eigenvalue weighted by Crippen LogP contribution is 2.25. The molecule has 1 aliphatic heterocycles. The summed E-state index contributed by atoms with van der Waals surface area (Å²) in [5.74, 6) is 0.903. The lowest BCUT2D eigenvalue weighted by Crippen LogP contribution is -2.41. The Morgan fingerprint density at radius 3 is 2.57 bits per heavy atom. The van der Waals surface area contributed by atoms with Gasteiger partial charge in [0.15, 0.2) is 0 Å². The second-order valence-electron chi connectivity index (χ2n) is 8.69. The summed E-state index contributed by atoms with van der Waals surface area (Å²) >= 11 is 0. The van der Waals surface area contributed by atoms with Gasteiger partial charge < -0.3 is 19.9 Å². The summed E-state index contributed by atoms with van der Waals surface area (Å²) in [5, 5.41) is 4.22. The molecule has 0 bridgehead atoms. The van der Waals surface area contributed by atoms with Crippen molar-refractivity contribution in [2.24, 2.45) is 0 Å². The van der Waals surface area contributed by atoms with Crippen LogP contribution in [0.5, 0.6) is 5.75 Å². The molecule has 152 valence electrons. The maximum Gasteiger partial charge on any atom is 0.267 e. The first-order chi connectivity index (χ1) is 13.6. The number of nitrogens with one attached hydrogen (secondary N) is 2. The lowest BCUT2D eigenvalue weighted by molar-refractivity contribution is 0.0844. The van der Waals surface area contributed by atoms with E-state index in [0.29, 0.717) is 17.8 Å². The second kappa shape index (κ2) is 8.56. The first-order valence-electron chi connectivity index (χ1n) is 10.9. The van der Waals surface area contributed by atoms with Crippen molar-refractivity contribution in [3.8, 4) is 5.75 Å². The Labute approximate surface area is 167 Å². The molecule has 1 saturated heterocycles. The number of likely N-dealkylation sites (tertiary alicyclic amines) is 1. The van der Waals surface area contributed by atoms with Gasteiger partial charge in [-0.25, -0.2) is 0 Å². The van der Waals surface area contributed by atoms with Crippen LogP contribution in [-0.2, 0) is 0 Å². The maximum absolute atomic E-state index is 12.6. The molecule has 28 heavy (non-hydrogen) atoms. The maximum atomic E-state index is 12.6. The van der Waals surface area contributed by atoms with Crippen molar-refractivity contribution in [2.45, 2.75) is 77.0 Å². The van der Waals surface area contributed by atoms with Crippen LogP contribution in [0, 0.1) is 0 Å². The minimum absolute atomic E-state index is 0.00613. The number of ether oxygens (including phenoxy) is 1. The van der Waals surface area contributed by atoms with Crippen LogP contribution in [0.4, 0.5) is 0 Å². The van der Waals surface area contributed by atoms with E-state index in [1.807, 2.05) is 18.2 Å². The average molecular weight is 384 g/mol. The Morgan fingerprint density at radius 1 is 1.11 bits per heavy atom. The first-order valence-corrected chi connectivity index (χ1v) is 10.9. The largest absolute Gasteiger partial charge is 0.490 e. The summed E-state index contributed by atoms with van der Waals surface area (Å²) in [6, 6.07) is 8.96. The summed E-state index contributed by atoms with van der Waals surface area (Å²) in [6.45, 7) is 6.70. The molecule has 0 spiro atoms. The van der Waals surface area contributed by atoms with Crippen molar-refractivity contribution in [3.63, 3.8) is 0 Å². The zero-order valence-electron chi connectivity index (χ0n) is 17.2. The van der Waals surface area contributed by atoms with Crippen LogP contribution in [0.2, 0.25) is 0 Å². The second-order valence-corrected chi connectivity index (χ2v) is 8.69. The highest BCUT2D eigenvalue weighted by atomic mass is 16.5. The average Bonchev–Trinajstić information content (AvgIpc) is 3.13. The number of hydrogen-bond donors (Lipinski definition) is 2. The molecule has 2 heterocycles. The van der Waals surface area contributed by atoms with Crippen LogP contribution in [0.3, 0.4) is 0 Å². The lowest BCUT2D eigenvalue weighted by Gasteiger charge is -2.34. The molecule has 0 unspecified atom stereocenters. The van der Waals surface area contributed by atoms with Crippen LogP contribution in [0.1, 0.15) is 69.3 Å². The Hall–Kier alpha value is -2.01. The third kappa shape index (κ3) is 4.52. The number of piperidine rings is 1. The van der Waals surface area contributed by atoms with Gasteiger partial charge in [-0.3, -0.25) is 4.79 Å². The number of carbonyl (C=O) groups is 1. The van der Waals surface area contributed by atoms with E-state index < -0.39 is 0 Å². The van der Waals surface area contributed by atoms with E-state index in [1.54, 1.807) is 0 Å². The number of benzene rings is 1. The predicted molar refractivity (Wildman–Crippen MR) is 113 cm³/mol. The first kappa shape index (κ1) is 19.3. The fourth-order valence-electron chi connectivity index (χ4n) is 4.52. The standard InChI is InChI=1S/C23H33N3O2/c1-16(2)26-12-10-19(11-13-26)28-20-8-9-21-17(14-20)15-22(25-21)23(27)24-18-6-4-3-5-7-18/h8-9,14-16,18-19,25H,3-7,10-13H2,1-2H3,(H,24,27). The van der Waals surface area contributed by atoms with E-state index in [4.69, 9.17) is 4.74 Å². The molecule has 0 atom stereocenters. The number of fused-ring (bicyclic) bond motifs is 1. The molecule has 5 heteroatoms. The molecule has 0 radical (unpaired) electrons. The number of hydrogen-bond acceptors (Lipinski definition) is 3. The van der Waals surface area contributed by atoms with Crippen LogP contribution in [0.15, 0.2) is 24.3 Å². The van der Waals surface area contributed by atoms with Gasteiger partial charge in [-0.15, -0.1) is 0 Å². The van der Waals surface area contributed by atoms with E-state index in [1.165, 1.54) is 19.3 Å². The van der Waals surface area contributed by atoms with E-state index in [9.17, 15) is 4.79 Å². The van der Waals surface area contributed by atoms with E-state index >= 15 is 0 Å². The minimum Gasteiger partial charge on any atom is -0.490 e. The Morgan fingerprint density at radius 2 is 1.86 bits per heavy atom. The summed E-state index contributed by atoms with van der Waals surface area (Å²) in [6.07, 6.45) is 8.33. The van der Waals surface area contributed by atoms with Gasteiger partial charge in [0, 0.05) is 36.1 Å². The third-order valence-electron chi connectivity index (χ3n) is 6.29. The molecule has 5 nitrogen and oxygen atoms in total. The van der Waals surface area contributed by atoms with Crippen LogP contribution < -0.4 is 10.1 Å². The number of amides is 1. The molecule has 2 aromatic rings. The molecular formula is C23H33N3O2. The molecule has 4 rings (SSSR count). The Kier molecular flexibility index (Phi) is 5.90. The number of nitrogens with zero attached hydrogens (tertiary/aromatic N) is 1. The van der Waals surface area contributed by atoms with Crippen molar-refractivity contribution in [2.75, 3.05) is 13.1 Å². The molecule has 2 aliphatic rings. The molecule has 1 aromatic carbocycles. The topological polar surface area (TPSA) is 57.4 Å². The fourth-order valence-corrected chi connectivity index (χ4v) is 4.52. The Balaban J connectivity index is 1.38.